The van der Waals surface area contributed by atoms with Crippen LogP contribution in [0.15, 0.2) is 37.7 Å². The first-order valence-electron chi connectivity index (χ1n) is 8.21. The average molecular weight is 396 g/mol. The third-order valence-corrected chi connectivity index (χ3v) is 6.56. The molecule has 3 aromatic rings. The molecule has 0 spiro atoms. The first-order valence-corrected chi connectivity index (χ1v) is 10.6. The number of rotatable bonds is 6. The molecule has 26 heavy (non-hydrogen) atoms. The number of oxazole rings is 1. The topological polar surface area (TPSA) is 94.2 Å². The van der Waals surface area contributed by atoms with E-state index in [9.17, 15) is 13.2 Å². The largest absolute Gasteiger partial charge is 0.419 e. The fourth-order valence-electron chi connectivity index (χ4n) is 2.74. The summed E-state index contributed by atoms with van der Waals surface area (Å²) in [5, 5.41) is 2.65. The van der Waals surface area contributed by atoms with Crippen LogP contribution in [0.1, 0.15) is 37.0 Å². The van der Waals surface area contributed by atoms with E-state index in [1.54, 1.807) is 13.1 Å². The second-order valence-electron chi connectivity index (χ2n) is 6.69. The van der Waals surface area contributed by atoms with Gasteiger partial charge in [0.25, 0.3) is 0 Å². The minimum atomic E-state index is -3.79. The molecule has 0 aliphatic rings. The molecule has 1 unspecified atom stereocenters. The SMILES string of the molecule is Cc1csc(C(CC(C)C)NS(=O)(=O)c2ccc3c(c2)oc(=O)n3C)n1. The Morgan fingerprint density at radius 1 is 1.35 bits per heavy atom. The van der Waals surface area contributed by atoms with E-state index < -0.39 is 21.8 Å². The predicted octanol–water partition coefficient (Wildman–Crippen LogP) is 2.96. The first-order chi connectivity index (χ1) is 12.2. The number of aryl methyl sites for hydroxylation is 2. The number of sulfonamides is 1. The smallest absolute Gasteiger partial charge is 0.408 e. The first kappa shape index (κ1) is 18.8. The van der Waals surface area contributed by atoms with Gasteiger partial charge in [0, 0.05) is 24.2 Å². The number of thiazole rings is 1. The molecule has 0 fully saturated rings. The van der Waals surface area contributed by atoms with Crippen LogP contribution in [0.25, 0.3) is 11.1 Å². The molecular formula is C17H21N3O4S2. The molecule has 0 bridgehead atoms. The third-order valence-electron chi connectivity index (χ3n) is 4.01. The summed E-state index contributed by atoms with van der Waals surface area (Å²) in [5.74, 6) is -0.236. The van der Waals surface area contributed by atoms with Gasteiger partial charge in [-0.15, -0.1) is 11.3 Å². The number of aromatic nitrogens is 2. The fraction of sp³-hybridized carbons (Fsp3) is 0.412. The van der Waals surface area contributed by atoms with E-state index >= 15 is 0 Å². The molecule has 9 heteroatoms. The Hall–Kier alpha value is -1.97. The van der Waals surface area contributed by atoms with E-state index in [-0.39, 0.29) is 10.5 Å². The van der Waals surface area contributed by atoms with Crippen molar-refractivity contribution in [3.8, 4) is 0 Å². The van der Waals surface area contributed by atoms with Gasteiger partial charge in [-0.25, -0.2) is 22.9 Å². The second-order valence-corrected chi connectivity index (χ2v) is 9.29. The van der Waals surface area contributed by atoms with Gasteiger partial charge in [-0.2, -0.15) is 0 Å². The number of fused-ring (bicyclic) bond motifs is 1. The summed E-state index contributed by atoms with van der Waals surface area (Å²) in [7, 11) is -2.22. The highest BCUT2D eigenvalue weighted by Crippen LogP contribution is 2.27. The Labute approximate surface area is 155 Å². The van der Waals surface area contributed by atoms with Gasteiger partial charge in [-0.1, -0.05) is 13.8 Å². The molecule has 140 valence electrons. The van der Waals surface area contributed by atoms with Gasteiger partial charge in [-0.05, 0) is 31.4 Å². The molecular weight excluding hydrogens is 374 g/mol. The van der Waals surface area contributed by atoms with Gasteiger partial charge in [0.15, 0.2) is 5.58 Å². The monoisotopic (exact) mass is 395 g/mol. The Kier molecular flexibility index (Phi) is 5.05. The molecule has 2 aromatic heterocycles. The molecule has 0 aliphatic heterocycles. The van der Waals surface area contributed by atoms with Crippen LogP contribution >= 0.6 is 11.3 Å². The van der Waals surface area contributed by atoms with Crippen molar-refractivity contribution in [2.24, 2.45) is 13.0 Å². The van der Waals surface area contributed by atoms with Crippen LogP contribution < -0.4 is 10.5 Å². The lowest BCUT2D eigenvalue weighted by Crippen LogP contribution is -2.29. The summed E-state index contributed by atoms with van der Waals surface area (Å²) < 4.78 is 34.9. The molecule has 0 radical (unpaired) electrons. The van der Waals surface area contributed by atoms with Crippen LogP contribution in [0.3, 0.4) is 0 Å². The van der Waals surface area contributed by atoms with Crippen molar-refractivity contribution < 1.29 is 12.8 Å². The molecule has 3 rings (SSSR count). The van der Waals surface area contributed by atoms with Gasteiger partial charge in [0.05, 0.1) is 16.5 Å². The lowest BCUT2D eigenvalue weighted by molar-refractivity contribution is 0.470. The van der Waals surface area contributed by atoms with Gasteiger partial charge < -0.3 is 4.42 Å². The van der Waals surface area contributed by atoms with Crippen LogP contribution in [0.4, 0.5) is 0 Å². The third kappa shape index (κ3) is 3.74. The Morgan fingerprint density at radius 3 is 2.69 bits per heavy atom. The minimum Gasteiger partial charge on any atom is -0.408 e. The second kappa shape index (κ2) is 6.98. The summed E-state index contributed by atoms with van der Waals surface area (Å²) in [6.45, 7) is 5.95. The maximum Gasteiger partial charge on any atom is 0.419 e. The van der Waals surface area contributed by atoms with Crippen molar-refractivity contribution in [2.45, 2.75) is 38.1 Å². The van der Waals surface area contributed by atoms with E-state index in [2.05, 4.69) is 9.71 Å². The Morgan fingerprint density at radius 2 is 2.08 bits per heavy atom. The standard InChI is InChI=1S/C17H21N3O4S2/c1-10(2)7-13(16-18-11(3)9-25-16)19-26(22,23)12-5-6-14-15(8-12)24-17(21)20(14)4/h5-6,8-10,13,19H,7H2,1-4H3. The molecule has 1 N–H and O–H groups in total. The van der Waals surface area contributed by atoms with Crippen LogP contribution in [-0.2, 0) is 17.1 Å². The molecule has 7 nitrogen and oxygen atoms in total. The van der Waals surface area contributed by atoms with Crippen molar-refractivity contribution in [1.82, 2.24) is 14.3 Å². The number of nitrogens with zero attached hydrogens (tertiary/aromatic N) is 2. The summed E-state index contributed by atoms with van der Waals surface area (Å²) in [6, 6.07) is 4.01. The zero-order valence-electron chi connectivity index (χ0n) is 15.0. The van der Waals surface area contributed by atoms with Crippen molar-refractivity contribution in [2.75, 3.05) is 0 Å². The molecule has 1 aromatic carbocycles. The quantitative estimate of drug-likeness (QED) is 0.692. The summed E-state index contributed by atoms with van der Waals surface area (Å²) in [5.41, 5.74) is 1.65. The predicted molar refractivity (Wildman–Crippen MR) is 101 cm³/mol. The number of hydrogen-bond donors (Lipinski definition) is 1. The van der Waals surface area contributed by atoms with E-state index in [4.69, 9.17) is 4.42 Å². The van der Waals surface area contributed by atoms with E-state index in [1.165, 1.54) is 28.0 Å². The van der Waals surface area contributed by atoms with Crippen molar-refractivity contribution in [3.63, 3.8) is 0 Å². The highest BCUT2D eigenvalue weighted by Gasteiger charge is 2.25. The van der Waals surface area contributed by atoms with E-state index in [1.807, 2.05) is 26.2 Å². The van der Waals surface area contributed by atoms with E-state index in [0.29, 0.717) is 17.9 Å². The molecule has 1 atom stereocenters. The van der Waals surface area contributed by atoms with Crippen LogP contribution in [-0.4, -0.2) is 18.0 Å². The summed E-state index contributed by atoms with van der Waals surface area (Å²) in [6.07, 6.45) is 0.634. The highest BCUT2D eigenvalue weighted by atomic mass is 32.2. The van der Waals surface area contributed by atoms with Gasteiger partial charge in [-0.3, -0.25) is 4.57 Å². The molecule has 0 saturated heterocycles. The zero-order valence-corrected chi connectivity index (χ0v) is 16.6. The maximum atomic E-state index is 12.9. The van der Waals surface area contributed by atoms with Crippen molar-refractivity contribution >= 4 is 32.5 Å². The zero-order chi connectivity index (χ0) is 19.1. The summed E-state index contributed by atoms with van der Waals surface area (Å²) in [4.78, 5) is 16.1. The normalized spacial score (nSPS) is 13.6. The number of nitrogens with one attached hydrogen (secondary N) is 1. The Bertz CT molecular complexity index is 1090. The van der Waals surface area contributed by atoms with E-state index in [0.717, 1.165) is 10.7 Å². The van der Waals surface area contributed by atoms with Crippen molar-refractivity contribution in [1.29, 1.82) is 0 Å². The maximum absolute atomic E-state index is 12.9. The van der Waals surface area contributed by atoms with Gasteiger partial charge in [0.1, 0.15) is 5.01 Å². The lowest BCUT2D eigenvalue weighted by atomic mass is 10.1. The number of hydrogen-bond acceptors (Lipinski definition) is 6. The molecule has 0 aliphatic carbocycles. The molecule has 2 heterocycles. The Balaban J connectivity index is 1.96. The lowest BCUT2D eigenvalue weighted by Gasteiger charge is -2.18. The van der Waals surface area contributed by atoms with Crippen molar-refractivity contribution in [3.05, 3.63) is 44.8 Å². The molecule has 0 saturated carbocycles. The van der Waals surface area contributed by atoms with Gasteiger partial charge >= 0.3 is 5.76 Å². The highest BCUT2D eigenvalue weighted by molar-refractivity contribution is 7.89. The summed E-state index contributed by atoms with van der Waals surface area (Å²) >= 11 is 1.44. The number of benzene rings is 1. The van der Waals surface area contributed by atoms with Crippen LogP contribution in [0.2, 0.25) is 0 Å². The fourth-order valence-corrected chi connectivity index (χ4v) is 4.90. The minimum absolute atomic E-state index is 0.0568. The van der Waals surface area contributed by atoms with Crippen LogP contribution in [0, 0.1) is 12.8 Å². The average Bonchev–Trinajstić information content (AvgIpc) is 3.10. The van der Waals surface area contributed by atoms with Gasteiger partial charge in [0.2, 0.25) is 10.0 Å². The molecule has 0 amide bonds. The van der Waals surface area contributed by atoms with Crippen LogP contribution in [0.5, 0.6) is 0 Å².